The van der Waals surface area contributed by atoms with Crippen LogP contribution in [0.4, 0.5) is 11.4 Å². The van der Waals surface area contributed by atoms with Gasteiger partial charge in [0, 0.05) is 17.8 Å². The fourth-order valence-electron chi connectivity index (χ4n) is 2.62. The smallest absolute Gasteiger partial charge is 0.339 e. The molecule has 3 aromatic carbocycles. The van der Waals surface area contributed by atoms with E-state index >= 15 is 0 Å². The number of esters is 1. The van der Waals surface area contributed by atoms with Crippen molar-refractivity contribution in [3.05, 3.63) is 94.0 Å². The number of nitro benzene ring substituents is 1. The van der Waals surface area contributed by atoms with E-state index in [0.717, 1.165) is 23.8 Å². The van der Waals surface area contributed by atoms with Gasteiger partial charge in [0.1, 0.15) is 10.6 Å². The Hall–Kier alpha value is -4.25. The second kappa shape index (κ2) is 9.92. The molecule has 1 N–H and O–H groups in total. The van der Waals surface area contributed by atoms with Crippen LogP contribution in [0.5, 0.6) is 5.75 Å². The summed E-state index contributed by atoms with van der Waals surface area (Å²) in [7, 11) is -4.33. The maximum absolute atomic E-state index is 12.4. The molecule has 0 aliphatic carbocycles. The SMILES string of the molecule is Cc1ccc(NC(=O)COC(=O)c2ccc(OS(=O)(=O)c3cccc([N+](=O)[O-])c3)cc2)cc1. The number of rotatable bonds is 8. The molecule has 33 heavy (non-hydrogen) atoms. The molecule has 0 bridgehead atoms. The first-order valence-electron chi connectivity index (χ1n) is 9.47. The zero-order valence-electron chi connectivity index (χ0n) is 17.3. The molecule has 0 heterocycles. The van der Waals surface area contributed by atoms with Crippen LogP contribution in [0.3, 0.4) is 0 Å². The molecular weight excluding hydrogens is 452 g/mol. The lowest BCUT2D eigenvalue weighted by atomic mass is 10.2. The Kier molecular flexibility index (Phi) is 7.04. The monoisotopic (exact) mass is 470 g/mol. The summed E-state index contributed by atoms with van der Waals surface area (Å²) in [5.74, 6) is -1.42. The van der Waals surface area contributed by atoms with E-state index in [0.29, 0.717) is 5.69 Å². The van der Waals surface area contributed by atoms with Crippen molar-refractivity contribution in [2.75, 3.05) is 11.9 Å². The lowest BCUT2D eigenvalue weighted by Crippen LogP contribution is -2.20. The lowest BCUT2D eigenvalue weighted by Gasteiger charge is -2.09. The van der Waals surface area contributed by atoms with Crippen molar-refractivity contribution in [2.24, 2.45) is 0 Å². The van der Waals surface area contributed by atoms with Crippen LogP contribution in [0.2, 0.25) is 0 Å². The van der Waals surface area contributed by atoms with Crippen LogP contribution in [0.15, 0.2) is 77.7 Å². The fourth-order valence-corrected chi connectivity index (χ4v) is 3.59. The van der Waals surface area contributed by atoms with Crippen molar-refractivity contribution in [3.8, 4) is 5.75 Å². The first-order valence-corrected chi connectivity index (χ1v) is 10.9. The minimum atomic E-state index is -4.33. The summed E-state index contributed by atoms with van der Waals surface area (Å²) in [5, 5.41) is 13.4. The van der Waals surface area contributed by atoms with Crippen molar-refractivity contribution in [1.82, 2.24) is 0 Å². The Balaban J connectivity index is 1.58. The van der Waals surface area contributed by atoms with Gasteiger partial charge in [0.05, 0.1) is 10.5 Å². The third-order valence-corrected chi connectivity index (χ3v) is 5.53. The predicted octanol–water partition coefficient (Wildman–Crippen LogP) is 3.47. The average Bonchev–Trinajstić information content (AvgIpc) is 2.79. The lowest BCUT2D eigenvalue weighted by molar-refractivity contribution is -0.385. The van der Waals surface area contributed by atoms with Crippen LogP contribution >= 0.6 is 0 Å². The molecule has 170 valence electrons. The average molecular weight is 470 g/mol. The van der Waals surface area contributed by atoms with Crippen LogP contribution < -0.4 is 9.50 Å². The number of benzene rings is 3. The second-order valence-corrected chi connectivity index (χ2v) is 8.35. The van der Waals surface area contributed by atoms with E-state index in [2.05, 4.69) is 5.32 Å². The van der Waals surface area contributed by atoms with Crippen LogP contribution in [0.25, 0.3) is 0 Å². The number of carbonyl (C=O) groups excluding carboxylic acids is 2. The summed E-state index contributed by atoms with van der Waals surface area (Å²) in [6, 6.07) is 16.5. The summed E-state index contributed by atoms with van der Waals surface area (Å²) < 4.78 is 34.6. The highest BCUT2D eigenvalue weighted by atomic mass is 32.2. The van der Waals surface area contributed by atoms with Gasteiger partial charge in [-0.25, -0.2) is 4.79 Å². The molecule has 0 aliphatic heterocycles. The molecule has 0 spiro atoms. The minimum Gasteiger partial charge on any atom is -0.452 e. The maximum atomic E-state index is 12.4. The summed E-state index contributed by atoms with van der Waals surface area (Å²) in [4.78, 5) is 33.8. The molecule has 11 heteroatoms. The number of aryl methyl sites for hydroxylation is 1. The number of non-ortho nitro benzene ring substituents is 1. The number of nitrogens with one attached hydrogen (secondary N) is 1. The quantitative estimate of drug-likeness (QED) is 0.228. The second-order valence-electron chi connectivity index (χ2n) is 6.81. The van der Waals surface area contributed by atoms with Crippen LogP contribution in [-0.4, -0.2) is 31.8 Å². The van der Waals surface area contributed by atoms with Gasteiger partial charge in [0.15, 0.2) is 6.61 Å². The van der Waals surface area contributed by atoms with Crippen molar-refractivity contribution >= 4 is 33.4 Å². The molecule has 0 saturated heterocycles. The zero-order valence-corrected chi connectivity index (χ0v) is 18.1. The van der Waals surface area contributed by atoms with Gasteiger partial charge in [-0.2, -0.15) is 8.42 Å². The number of carbonyl (C=O) groups is 2. The number of amides is 1. The maximum Gasteiger partial charge on any atom is 0.339 e. The predicted molar refractivity (Wildman–Crippen MR) is 117 cm³/mol. The third kappa shape index (κ3) is 6.37. The number of ether oxygens (including phenoxy) is 1. The molecule has 0 atom stereocenters. The molecule has 1 amide bonds. The van der Waals surface area contributed by atoms with Gasteiger partial charge >= 0.3 is 16.1 Å². The van der Waals surface area contributed by atoms with Crippen LogP contribution in [0.1, 0.15) is 15.9 Å². The first kappa shape index (κ1) is 23.4. The normalized spacial score (nSPS) is 10.8. The highest BCUT2D eigenvalue weighted by Gasteiger charge is 2.20. The molecule has 3 rings (SSSR count). The number of nitro groups is 1. The highest BCUT2D eigenvalue weighted by Crippen LogP contribution is 2.22. The minimum absolute atomic E-state index is 0.0678. The summed E-state index contributed by atoms with van der Waals surface area (Å²) in [5.41, 5.74) is 1.26. The highest BCUT2D eigenvalue weighted by molar-refractivity contribution is 7.87. The largest absolute Gasteiger partial charge is 0.452 e. The Morgan fingerprint density at radius 1 is 1.00 bits per heavy atom. The summed E-state index contributed by atoms with van der Waals surface area (Å²) >= 11 is 0. The van der Waals surface area contributed by atoms with E-state index in [1.165, 1.54) is 30.3 Å². The standard InChI is InChI=1S/C22H18N2O8S/c1-15-5-9-17(10-6-15)23-21(25)14-31-22(26)16-7-11-19(12-8-16)32-33(29,30)20-4-2-3-18(13-20)24(27)28/h2-13H,14H2,1H3,(H,23,25). The van der Waals surface area contributed by atoms with E-state index in [-0.39, 0.29) is 16.2 Å². The van der Waals surface area contributed by atoms with Gasteiger partial charge < -0.3 is 14.2 Å². The number of anilines is 1. The zero-order chi connectivity index (χ0) is 24.0. The number of hydrogen-bond acceptors (Lipinski definition) is 8. The Morgan fingerprint density at radius 2 is 1.67 bits per heavy atom. The molecule has 0 fully saturated rings. The van der Waals surface area contributed by atoms with E-state index in [1.807, 2.05) is 19.1 Å². The Labute approximate surface area is 189 Å². The summed E-state index contributed by atoms with van der Waals surface area (Å²) in [6.45, 7) is 1.40. The molecule has 0 aromatic heterocycles. The molecule has 10 nitrogen and oxygen atoms in total. The topological polar surface area (TPSA) is 142 Å². The fraction of sp³-hybridized carbons (Fsp3) is 0.0909. The Morgan fingerprint density at radius 3 is 2.30 bits per heavy atom. The van der Waals surface area contributed by atoms with Gasteiger partial charge in [0.25, 0.3) is 11.6 Å². The summed E-state index contributed by atoms with van der Waals surface area (Å²) in [6.07, 6.45) is 0. The van der Waals surface area contributed by atoms with E-state index in [9.17, 15) is 28.1 Å². The van der Waals surface area contributed by atoms with Crippen molar-refractivity contribution in [2.45, 2.75) is 11.8 Å². The van der Waals surface area contributed by atoms with E-state index < -0.39 is 39.2 Å². The molecule has 0 aliphatic rings. The van der Waals surface area contributed by atoms with Crippen LogP contribution in [-0.2, 0) is 19.6 Å². The number of hydrogen-bond donors (Lipinski definition) is 1. The van der Waals surface area contributed by atoms with E-state index in [1.54, 1.807) is 12.1 Å². The van der Waals surface area contributed by atoms with Crippen LogP contribution in [0, 0.1) is 17.0 Å². The van der Waals surface area contributed by atoms with Gasteiger partial charge in [-0.1, -0.05) is 23.8 Å². The molecular formula is C22H18N2O8S. The molecule has 0 unspecified atom stereocenters. The molecule has 3 aromatic rings. The van der Waals surface area contributed by atoms with Crippen molar-refractivity contribution < 1.29 is 31.9 Å². The van der Waals surface area contributed by atoms with Gasteiger partial charge in [-0.05, 0) is 49.4 Å². The van der Waals surface area contributed by atoms with Crippen molar-refractivity contribution in [1.29, 1.82) is 0 Å². The number of nitrogens with zero attached hydrogens (tertiary/aromatic N) is 1. The molecule has 0 saturated carbocycles. The van der Waals surface area contributed by atoms with Gasteiger partial charge in [0.2, 0.25) is 0 Å². The first-order chi connectivity index (χ1) is 15.6. The van der Waals surface area contributed by atoms with Crippen molar-refractivity contribution in [3.63, 3.8) is 0 Å². The Bertz CT molecular complexity index is 1290. The molecule has 0 radical (unpaired) electrons. The van der Waals surface area contributed by atoms with Gasteiger partial charge in [-0.3, -0.25) is 14.9 Å². The van der Waals surface area contributed by atoms with Gasteiger partial charge in [-0.15, -0.1) is 0 Å². The van der Waals surface area contributed by atoms with E-state index in [4.69, 9.17) is 8.92 Å². The third-order valence-electron chi connectivity index (χ3n) is 4.28.